The van der Waals surface area contributed by atoms with Crippen molar-refractivity contribution in [3.05, 3.63) is 0 Å². The van der Waals surface area contributed by atoms with Gasteiger partial charge in [0.15, 0.2) is 0 Å². The SMILES string of the molecule is CC[C@]1(CO)CCOC1. The number of rotatable bonds is 2. The predicted molar refractivity (Wildman–Crippen MR) is 35.2 cm³/mol. The predicted octanol–water partition coefficient (Wildman–Crippen LogP) is 0.795. The van der Waals surface area contributed by atoms with Crippen LogP contribution in [0.25, 0.3) is 0 Å². The first kappa shape index (κ1) is 7.03. The second kappa shape index (κ2) is 2.67. The van der Waals surface area contributed by atoms with Crippen molar-refractivity contribution in [1.29, 1.82) is 0 Å². The average Bonchev–Trinajstić information content (AvgIpc) is 2.36. The highest BCUT2D eigenvalue weighted by Gasteiger charge is 2.31. The van der Waals surface area contributed by atoms with Gasteiger partial charge in [-0.25, -0.2) is 0 Å². The van der Waals surface area contributed by atoms with Gasteiger partial charge in [0.25, 0.3) is 0 Å². The van der Waals surface area contributed by atoms with Crippen LogP contribution in [0, 0.1) is 5.41 Å². The van der Waals surface area contributed by atoms with Crippen molar-refractivity contribution >= 4 is 0 Å². The van der Waals surface area contributed by atoms with E-state index in [-0.39, 0.29) is 12.0 Å². The monoisotopic (exact) mass is 130 g/mol. The van der Waals surface area contributed by atoms with Crippen molar-refractivity contribution in [3.8, 4) is 0 Å². The maximum atomic E-state index is 8.94. The quantitative estimate of drug-likeness (QED) is 0.599. The molecule has 2 heteroatoms. The van der Waals surface area contributed by atoms with Gasteiger partial charge >= 0.3 is 0 Å². The molecule has 2 nitrogen and oxygen atoms in total. The number of aliphatic hydroxyl groups excluding tert-OH is 1. The number of ether oxygens (including phenoxy) is 1. The maximum Gasteiger partial charge on any atom is 0.0545 e. The Kier molecular flexibility index (Phi) is 2.09. The number of hydrogen-bond acceptors (Lipinski definition) is 2. The average molecular weight is 130 g/mol. The maximum absolute atomic E-state index is 8.94. The van der Waals surface area contributed by atoms with E-state index >= 15 is 0 Å². The summed E-state index contributed by atoms with van der Waals surface area (Å²) in [6.07, 6.45) is 2.06. The summed E-state index contributed by atoms with van der Waals surface area (Å²) >= 11 is 0. The van der Waals surface area contributed by atoms with Crippen molar-refractivity contribution in [2.75, 3.05) is 19.8 Å². The van der Waals surface area contributed by atoms with Crippen LogP contribution >= 0.6 is 0 Å². The molecule has 1 fully saturated rings. The van der Waals surface area contributed by atoms with Crippen LogP contribution in [0.5, 0.6) is 0 Å². The molecule has 0 saturated carbocycles. The van der Waals surface area contributed by atoms with E-state index in [0.29, 0.717) is 0 Å². The lowest BCUT2D eigenvalue weighted by Crippen LogP contribution is -2.24. The van der Waals surface area contributed by atoms with E-state index in [4.69, 9.17) is 9.84 Å². The Morgan fingerprint density at radius 3 is 2.67 bits per heavy atom. The van der Waals surface area contributed by atoms with Gasteiger partial charge < -0.3 is 9.84 Å². The molecule has 1 aliphatic rings. The van der Waals surface area contributed by atoms with Gasteiger partial charge in [-0.05, 0) is 12.8 Å². The molecule has 0 aromatic carbocycles. The van der Waals surface area contributed by atoms with Gasteiger partial charge in [0.05, 0.1) is 13.2 Å². The molecule has 1 heterocycles. The summed E-state index contributed by atoms with van der Waals surface area (Å²) in [5.41, 5.74) is 0.111. The molecule has 0 aliphatic carbocycles. The summed E-state index contributed by atoms with van der Waals surface area (Å²) in [7, 11) is 0. The standard InChI is InChI=1S/C7H14O2/c1-2-7(5-8)3-4-9-6-7/h8H,2-6H2,1H3/t7-/m1/s1. The summed E-state index contributed by atoms with van der Waals surface area (Å²) in [5.74, 6) is 0. The van der Waals surface area contributed by atoms with Gasteiger partial charge in [0.1, 0.15) is 0 Å². The minimum absolute atomic E-state index is 0.111. The van der Waals surface area contributed by atoms with E-state index in [1.165, 1.54) is 0 Å². The molecule has 9 heavy (non-hydrogen) atoms. The second-order valence-electron chi connectivity index (χ2n) is 2.81. The van der Waals surface area contributed by atoms with Gasteiger partial charge in [-0.15, -0.1) is 0 Å². The Bertz CT molecular complexity index is 78.9. The fraction of sp³-hybridized carbons (Fsp3) is 1.00. The van der Waals surface area contributed by atoms with E-state index in [2.05, 4.69) is 6.92 Å². The van der Waals surface area contributed by atoms with Crippen molar-refractivity contribution in [3.63, 3.8) is 0 Å². The molecule has 0 aromatic rings. The minimum atomic E-state index is 0.111. The molecule has 1 atom stereocenters. The van der Waals surface area contributed by atoms with E-state index in [9.17, 15) is 0 Å². The highest BCUT2D eigenvalue weighted by Crippen LogP contribution is 2.30. The molecule has 1 aliphatic heterocycles. The lowest BCUT2D eigenvalue weighted by atomic mass is 9.86. The molecule has 0 aromatic heterocycles. The molecule has 1 rings (SSSR count). The third-order valence-electron chi connectivity index (χ3n) is 2.27. The Morgan fingerprint density at radius 2 is 2.44 bits per heavy atom. The van der Waals surface area contributed by atoms with Gasteiger partial charge in [0.2, 0.25) is 0 Å². The Hall–Kier alpha value is -0.0800. The molecule has 0 unspecified atom stereocenters. The lowest BCUT2D eigenvalue weighted by Gasteiger charge is -2.21. The molecule has 0 bridgehead atoms. The zero-order valence-corrected chi connectivity index (χ0v) is 5.89. The largest absolute Gasteiger partial charge is 0.396 e. The summed E-state index contributed by atoms with van der Waals surface area (Å²) < 4.78 is 5.18. The Balaban J connectivity index is 2.45. The first-order chi connectivity index (χ1) is 4.33. The van der Waals surface area contributed by atoms with E-state index in [0.717, 1.165) is 26.1 Å². The third kappa shape index (κ3) is 1.25. The van der Waals surface area contributed by atoms with E-state index in [1.54, 1.807) is 0 Å². The smallest absolute Gasteiger partial charge is 0.0545 e. The first-order valence-corrected chi connectivity index (χ1v) is 3.51. The van der Waals surface area contributed by atoms with Crippen molar-refractivity contribution in [2.45, 2.75) is 19.8 Å². The number of hydrogen-bond donors (Lipinski definition) is 1. The van der Waals surface area contributed by atoms with Crippen LogP contribution in [0.3, 0.4) is 0 Å². The summed E-state index contributed by atoms with van der Waals surface area (Å²) in [6, 6.07) is 0. The number of aliphatic hydroxyl groups is 1. The highest BCUT2D eigenvalue weighted by atomic mass is 16.5. The molecular weight excluding hydrogens is 116 g/mol. The Morgan fingerprint density at radius 1 is 1.67 bits per heavy atom. The van der Waals surface area contributed by atoms with Gasteiger partial charge in [-0.1, -0.05) is 6.92 Å². The minimum Gasteiger partial charge on any atom is -0.396 e. The van der Waals surface area contributed by atoms with Gasteiger partial charge in [-0.2, -0.15) is 0 Å². The lowest BCUT2D eigenvalue weighted by molar-refractivity contribution is 0.0905. The zero-order valence-electron chi connectivity index (χ0n) is 5.89. The van der Waals surface area contributed by atoms with Crippen LogP contribution in [0.15, 0.2) is 0 Å². The fourth-order valence-electron chi connectivity index (χ4n) is 1.16. The van der Waals surface area contributed by atoms with Crippen molar-refractivity contribution < 1.29 is 9.84 Å². The third-order valence-corrected chi connectivity index (χ3v) is 2.27. The van der Waals surface area contributed by atoms with Crippen LogP contribution in [0.4, 0.5) is 0 Å². The molecule has 1 saturated heterocycles. The highest BCUT2D eigenvalue weighted by molar-refractivity contribution is 4.80. The van der Waals surface area contributed by atoms with Crippen molar-refractivity contribution in [1.82, 2.24) is 0 Å². The van der Waals surface area contributed by atoms with Gasteiger partial charge in [0, 0.05) is 12.0 Å². The van der Waals surface area contributed by atoms with Crippen LogP contribution in [0.1, 0.15) is 19.8 Å². The summed E-state index contributed by atoms with van der Waals surface area (Å²) in [4.78, 5) is 0. The van der Waals surface area contributed by atoms with Crippen molar-refractivity contribution in [2.24, 2.45) is 5.41 Å². The summed E-state index contributed by atoms with van der Waals surface area (Å²) in [6.45, 7) is 3.96. The van der Waals surface area contributed by atoms with E-state index < -0.39 is 0 Å². The summed E-state index contributed by atoms with van der Waals surface area (Å²) in [5, 5.41) is 8.94. The molecule has 54 valence electrons. The first-order valence-electron chi connectivity index (χ1n) is 3.51. The topological polar surface area (TPSA) is 29.5 Å². The van der Waals surface area contributed by atoms with Gasteiger partial charge in [-0.3, -0.25) is 0 Å². The second-order valence-corrected chi connectivity index (χ2v) is 2.81. The van der Waals surface area contributed by atoms with E-state index in [1.807, 2.05) is 0 Å². The van der Waals surface area contributed by atoms with Crippen LogP contribution < -0.4 is 0 Å². The molecule has 1 N–H and O–H groups in total. The van der Waals surface area contributed by atoms with Crippen LogP contribution in [0.2, 0.25) is 0 Å². The Labute approximate surface area is 55.8 Å². The molecule has 0 radical (unpaired) electrons. The van der Waals surface area contributed by atoms with Crippen LogP contribution in [-0.4, -0.2) is 24.9 Å². The molecule has 0 spiro atoms. The zero-order chi connectivity index (χ0) is 6.74. The van der Waals surface area contributed by atoms with Crippen LogP contribution in [-0.2, 0) is 4.74 Å². The fourth-order valence-corrected chi connectivity index (χ4v) is 1.16. The normalized spacial score (nSPS) is 35.3. The molecule has 0 amide bonds. The molecular formula is C7H14O2.